The fourth-order valence-electron chi connectivity index (χ4n) is 2.47. The summed E-state index contributed by atoms with van der Waals surface area (Å²) < 4.78 is 0. The second kappa shape index (κ2) is 6.17. The first-order chi connectivity index (χ1) is 8.24. The van der Waals surface area contributed by atoms with Gasteiger partial charge in [0.15, 0.2) is 0 Å². The summed E-state index contributed by atoms with van der Waals surface area (Å²) in [7, 11) is 0. The van der Waals surface area contributed by atoms with Gasteiger partial charge in [0, 0.05) is 15.8 Å². The molecule has 0 aromatic heterocycles. The monoisotopic (exact) mass is 267 g/mol. The standard InChI is InChI=1S/C14H21NS2/c1-10-7-14(17-3)11(9-13(10)16-2)8-12-5-4-6-15-12/h7,9,12,15H,4-6,8H2,1-3H3. The number of aryl methyl sites for hydroxylation is 1. The SMILES string of the molecule is CSc1cc(CC2CCCN2)c(SC)cc1C. The number of thioether (sulfide) groups is 2. The van der Waals surface area contributed by atoms with Gasteiger partial charge in [-0.15, -0.1) is 23.5 Å². The highest BCUT2D eigenvalue weighted by Gasteiger charge is 2.16. The van der Waals surface area contributed by atoms with Crippen LogP contribution in [-0.2, 0) is 6.42 Å². The molecule has 1 aliphatic heterocycles. The highest BCUT2D eigenvalue weighted by Crippen LogP contribution is 2.30. The maximum Gasteiger partial charge on any atom is 0.0108 e. The second-order valence-electron chi connectivity index (χ2n) is 4.63. The number of nitrogens with one attached hydrogen (secondary N) is 1. The molecule has 94 valence electrons. The lowest BCUT2D eigenvalue weighted by Crippen LogP contribution is -2.23. The Hall–Kier alpha value is -0.120. The topological polar surface area (TPSA) is 12.0 Å². The van der Waals surface area contributed by atoms with Crippen molar-refractivity contribution in [2.75, 3.05) is 19.1 Å². The molecule has 3 heteroatoms. The molecule has 1 unspecified atom stereocenters. The van der Waals surface area contributed by atoms with E-state index in [4.69, 9.17) is 0 Å². The summed E-state index contributed by atoms with van der Waals surface area (Å²) in [5.74, 6) is 0. The van der Waals surface area contributed by atoms with Gasteiger partial charge in [-0.1, -0.05) is 0 Å². The largest absolute Gasteiger partial charge is 0.314 e. The predicted octanol–water partition coefficient (Wildman–Crippen LogP) is 3.73. The van der Waals surface area contributed by atoms with E-state index in [0.29, 0.717) is 6.04 Å². The fourth-order valence-corrected chi connectivity index (χ4v) is 3.81. The van der Waals surface area contributed by atoms with Gasteiger partial charge >= 0.3 is 0 Å². The Morgan fingerprint density at radius 3 is 2.59 bits per heavy atom. The molecular formula is C14H21NS2. The lowest BCUT2D eigenvalue weighted by Gasteiger charge is -2.15. The molecule has 1 fully saturated rings. The van der Waals surface area contributed by atoms with E-state index in [-0.39, 0.29) is 0 Å². The maximum absolute atomic E-state index is 3.59. The summed E-state index contributed by atoms with van der Waals surface area (Å²) in [6.07, 6.45) is 8.19. The van der Waals surface area contributed by atoms with E-state index < -0.39 is 0 Å². The normalized spacial score (nSPS) is 19.8. The van der Waals surface area contributed by atoms with Gasteiger partial charge < -0.3 is 5.32 Å². The average molecular weight is 267 g/mol. The number of hydrogen-bond donors (Lipinski definition) is 1. The van der Waals surface area contributed by atoms with Crippen LogP contribution in [-0.4, -0.2) is 25.1 Å². The third kappa shape index (κ3) is 3.21. The highest BCUT2D eigenvalue weighted by atomic mass is 32.2. The Kier molecular flexibility index (Phi) is 4.83. The molecule has 0 saturated carbocycles. The molecule has 1 aliphatic rings. The minimum Gasteiger partial charge on any atom is -0.314 e. The number of hydrogen-bond acceptors (Lipinski definition) is 3. The van der Waals surface area contributed by atoms with Crippen molar-refractivity contribution in [2.45, 2.75) is 42.0 Å². The molecule has 0 radical (unpaired) electrons. The van der Waals surface area contributed by atoms with E-state index in [1.165, 1.54) is 46.7 Å². The Labute approximate surface area is 113 Å². The first kappa shape index (κ1) is 13.3. The van der Waals surface area contributed by atoms with Crippen molar-refractivity contribution < 1.29 is 0 Å². The van der Waals surface area contributed by atoms with Crippen LogP contribution in [0.25, 0.3) is 0 Å². The summed E-state index contributed by atoms with van der Waals surface area (Å²) in [6.45, 7) is 3.41. The van der Waals surface area contributed by atoms with Gasteiger partial charge in [-0.25, -0.2) is 0 Å². The van der Waals surface area contributed by atoms with Crippen molar-refractivity contribution in [2.24, 2.45) is 0 Å². The summed E-state index contributed by atoms with van der Waals surface area (Å²) in [4.78, 5) is 2.88. The summed E-state index contributed by atoms with van der Waals surface area (Å²) in [6, 6.07) is 5.44. The summed E-state index contributed by atoms with van der Waals surface area (Å²) in [5, 5.41) is 3.59. The van der Waals surface area contributed by atoms with Crippen LogP contribution < -0.4 is 5.32 Å². The molecule has 0 amide bonds. The van der Waals surface area contributed by atoms with Crippen LogP contribution in [0.15, 0.2) is 21.9 Å². The number of rotatable bonds is 4. The Morgan fingerprint density at radius 1 is 1.24 bits per heavy atom. The van der Waals surface area contributed by atoms with E-state index >= 15 is 0 Å². The third-order valence-electron chi connectivity index (χ3n) is 3.43. The average Bonchev–Trinajstić information content (AvgIpc) is 2.83. The van der Waals surface area contributed by atoms with Crippen molar-refractivity contribution in [3.8, 4) is 0 Å². The van der Waals surface area contributed by atoms with Crippen LogP contribution in [0, 0.1) is 6.92 Å². The fraction of sp³-hybridized carbons (Fsp3) is 0.571. The van der Waals surface area contributed by atoms with Crippen LogP contribution in [0.1, 0.15) is 24.0 Å². The summed E-state index contributed by atoms with van der Waals surface area (Å²) >= 11 is 3.73. The minimum absolute atomic E-state index is 0.693. The summed E-state index contributed by atoms with van der Waals surface area (Å²) in [5.41, 5.74) is 2.93. The molecule has 2 rings (SSSR count). The Bertz CT molecular complexity index is 384. The predicted molar refractivity (Wildman–Crippen MR) is 79.5 cm³/mol. The van der Waals surface area contributed by atoms with Gasteiger partial charge in [0.25, 0.3) is 0 Å². The molecule has 0 spiro atoms. The smallest absolute Gasteiger partial charge is 0.0108 e. The van der Waals surface area contributed by atoms with Crippen LogP contribution in [0.5, 0.6) is 0 Å². The van der Waals surface area contributed by atoms with Crippen LogP contribution >= 0.6 is 23.5 Å². The molecule has 1 saturated heterocycles. The van der Waals surface area contributed by atoms with Crippen LogP contribution in [0.2, 0.25) is 0 Å². The quantitative estimate of drug-likeness (QED) is 0.835. The molecule has 1 heterocycles. The van der Waals surface area contributed by atoms with Crippen molar-refractivity contribution in [1.29, 1.82) is 0 Å². The zero-order valence-electron chi connectivity index (χ0n) is 10.9. The molecule has 1 atom stereocenters. The van der Waals surface area contributed by atoms with E-state index in [1.807, 2.05) is 23.5 Å². The first-order valence-corrected chi connectivity index (χ1v) is 8.64. The van der Waals surface area contributed by atoms with Gasteiger partial charge in [-0.05, 0) is 68.5 Å². The van der Waals surface area contributed by atoms with Crippen molar-refractivity contribution in [3.05, 3.63) is 23.3 Å². The van der Waals surface area contributed by atoms with Crippen LogP contribution in [0.4, 0.5) is 0 Å². The molecule has 1 aromatic carbocycles. The molecule has 0 aliphatic carbocycles. The molecule has 1 N–H and O–H groups in total. The molecule has 1 nitrogen and oxygen atoms in total. The van der Waals surface area contributed by atoms with Crippen molar-refractivity contribution in [1.82, 2.24) is 5.32 Å². The first-order valence-electron chi connectivity index (χ1n) is 6.19. The zero-order chi connectivity index (χ0) is 12.3. The molecule has 1 aromatic rings. The van der Waals surface area contributed by atoms with E-state index in [0.717, 1.165) is 0 Å². The van der Waals surface area contributed by atoms with E-state index in [9.17, 15) is 0 Å². The van der Waals surface area contributed by atoms with Gasteiger partial charge in [-0.2, -0.15) is 0 Å². The zero-order valence-corrected chi connectivity index (χ0v) is 12.5. The molecule has 17 heavy (non-hydrogen) atoms. The number of benzene rings is 1. The Balaban J connectivity index is 2.23. The molecular weight excluding hydrogens is 246 g/mol. The van der Waals surface area contributed by atoms with Crippen molar-refractivity contribution in [3.63, 3.8) is 0 Å². The second-order valence-corrected chi connectivity index (χ2v) is 6.33. The third-order valence-corrected chi connectivity index (χ3v) is 5.13. The van der Waals surface area contributed by atoms with Gasteiger partial charge in [0.2, 0.25) is 0 Å². The van der Waals surface area contributed by atoms with Gasteiger partial charge in [-0.3, -0.25) is 0 Å². The Morgan fingerprint density at radius 2 is 2.00 bits per heavy atom. The van der Waals surface area contributed by atoms with E-state index in [2.05, 4.69) is 36.9 Å². The lowest BCUT2D eigenvalue weighted by molar-refractivity contribution is 0.598. The van der Waals surface area contributed by atoms with Gasteiger partial charge in [0.1, 0.15) is 0 Å². The minimum atomic E-state index is 0.693. The highest BCUT2D eigenvalue weighted by molar-refractivity contribution is 7.99. The maximum atomic E-state index is 3.59. The van der Waals surface area contributed by atoms with Crippen molar-refractivity contribution >= 4 is 23.5 Å². The lowest BCUT2D eigenvalue weighted by atomic mass is 10.0. The van der Waals surface area contributed by atoms with E-state index in [1.54, 1.807) is 0 Å². The van der Waals surface area contributed by atoms with Crippen LogP contribution in [0.3, 0.4) is 0 Å². The van der Waals surface area contributed by atoms with Gasteiger partial charge in [0.05, 0.1) is 0 Å². The molecule has 0 bridgehead atoms.